The minimum atomic E-state index is 0.207. The van der Waals surface area contributed by atoms with Gasteiger partial charge in [-0.25, -0.2) is 4.99 Å². The average Bonchev–Trinajstić information content (AvgIpc) is 2.67. The third-order valence-electron chi connectivity index (χ3n) is 5.08. The lowest BCUT2D eigenvalue weighted by Gasteiger charge is -2.24. The second-order valence-electron chi connectivity index (χ2n) is 7.48. The molecule has 0 spiro atoms. The number of unbranched alkanes of at least 4 members (excludes halogenated alkanes) is 2. The van der Waals surface area contributed by atoms with Gasteiger partial charge in [0.2, 0.25) is 0 Å². The number of ether oxygens (including phenoxy) is 1. The molecule has 0 fully saturated rings. The van der Waals surface area contributed by atoms with E-state index in [4.69, 9.17) is 4.74 Å². The van der Waals surface area contributed by atoms with Gasteiger partial charge in [0, 0.05) is 29.6 Å². The van der Waals surface area contributed by atoms with Gasteiger partial charge in [0.15, 0.2) is 0 Å². The lowest BCUT2D eigenvalue weighted by Crippen LogP contribution is -2.10. The molecule has 2 rings (SSSR count). The van der Waals surface area contributed by atoms with E-state index in [1.807, 2.05) is 6.07 Å². The Morgan fingerprint density at radius 3 is 2.82 bits per heavy atom. The zero-order valence-electron chi connectivity index (χ0n) is 17.5. The van der Waals surface area contributed by atoms with Gasteiger partial charge in [0.1, 0.15) is 11.5 Å². The second-order valence-corrected chi connectivity index (χ2v) is 9.32. The van der Waals surface area contributed by atoms with E-state index in [0.29, 0.717) is 11.0 Å². The molecule has 0 heterocycles. The zero-order valence-corrected chi connectivity index (χ0v) is 19.9. The molecule has 5 heteroatoms. The summed E-state index contributed by atoms with van der Waals surface area (Å²) in [4.78, 5) is 4.34. The van der Waals surface area contributed by atoms with E-state index in [1.165, 1.54) is 18.4 Å². The van der Waals surface area contributed by atoms with Crippen molar-refractivity contribution in [1.29, 1.82) is 0 Å². The van der Waals surface area contributed by atoms with Crippen LogP contribution >= 0.6 is 27.7 Å². The van der Waals surface area contributed by atoms with Crippen molar-refractivity contribution in [2.75, 3.05) is 18.1 Å². The molecule has 1 aliphatic carbocycles. The monoisotopic (exact) mass is 467 g/mol. The van der Waals surface area contributed by atoms with Gasteiger partial charge in [-0.3, -0.25) is 0 Å². The molecule has 156 valence electrons. The second kappa shape index (κ2) is 12.6. The Morgan fingerprint density at radius 2 is 2.14 bits per heavy atom. The fraction of sp³-hybridized carbons (Fsp3) is 0.609. The molecule has 1 N–H and O–H groups in total. The number of aliphatic imine (C=N–C) groups is 1. The Kier molecular flexibility index (Phi) is 10.5. The Morgan fingerprint density at radius 1 is 1.32 bits per heavy atom. The number of thioether (sulfide) groups is 1. The fourth-order valence-corrected chi connectivity index (χ4v) is 5.03. The van der Waals surface area contributed by atoms with Crippen LogP contribution in [0.25, 0.3) is 0 Å². The summed E-state index contributed by atoms with van der Waals surface area (Å²) in [6.07, 6.45) is 11.2. The Balaban J connectivity index is 2.32. The van der Waals surface area contributed by atoms with Crippen molar-refractivity contribution in [3.05, 3.63) is 34.9 Å². The number of aryl methyl sites for hydroxylation is 1. The third-order valence-corrected chi connectivity index (χ3v) is 6.64. The van der Waals surface area contributed by atoms with Gasteiger partial charge in [-0.2, -0.15) is 0 Å². The average molecular weight is 469 g/mol. The topological polar surface area (TPSA) is 41.8 Å². The maximum absolute atomic E-state index is 10.9. The van der Waals surface area contributed by atoms with Crippen molar-refractivity contribution in [3.63, 3.8) is 0 Å². The van der Waals surface area contributed by atoms with E-state index in [2.05, 4.69) is 46.9 Å². The highest BCUT2D eigenvalue weighted by molar-refractivity contribution is 9.09. The highest BCUT2D eigenvalue weighted by Gasteiger charge is 2.23. The molecular weight excluding hydrogens is 434 g/mol. The maximum atomic E-state index is 10.9. The number of nitrogens with zero attached hydrogens (tertiary/aromatic N) is 1. The van der Waals surface area contributed by atoms with Gasteiger partial charge in [-0.05, 0) is 63.1 Å². The van der Waals surface area contributed by atoms with E-state index < -0.39 is 0 Å². The normalized spacial score (nSPS) is 17.5. The van der Waals surface area contributed by atoms with Crippen LogP contribution in [-0.2, 0) is 6.42 Å². The summed E-state index contributed by atoms with van der Waals surface area (Å²) in [7, 11) is 1.77. The van der Waals surface area contributed by atoms with Crippen LogP contribution in [0.4, 0.5) is 0 Å². The fourth-order valence-electron chi connectivity index (χ4n) is 3.63. The number of allylic oxidation sites excluding steroid dienone is 2. The first kappa shape index (κ1) is 23.3. The predicted molar refractivity (Wildman–Crippen MR) is 127 cm³/mol. The number of aromatic hydroxyl groups is 1. The van der Waals surface area contributed by atoms with E-state index in [0.717, 1.165) is 66.5 Å². The standard InChI is InChI=1S/C23H34BrNO2S/c1-4-5-6-10-18-15-20(26)22(19-11-7-9-17(2)14-19)21(16-18)27-23(25-3)28-13-8-12-24/h14-16,19,26H,4-13H2,1-3H3. The largest absolute Gasteiger partial charge is 0.507 e. The number of rotatable bonds is 9. The van der Waals surface area contributed by atoms with Crippen LogP contribution in [-0.4, -0.2) is 28.5 Å². The van der Waals surface area contributed by atoms with E-state index >= 15 is 0 Å². The van der Waals surface area contributed by atoms with Gasteiger partial charge >= 0.3 is 0 Å². The molecule has 0 radical (unpaired) electrons. The minimum Gasteiger partial charge on any atom is -0.507 e. The summed E-state index contributed by atoms with van der Waals surface area (Å²) < 4.78 is 6.27. The number of halogens is 1. The number of alkyl halides is 1. The van der Waals surface area contributed by atoms with E-state index in [1.54, 1.807) is 18.8 Å². The van der Waals surface area contributed by atoms with Crippen molar-refractivity contribution in [1.82, 2.24) is 0 Å². The summed E-state index contributed by atoms with van der Waals surface area (Å²) in [5.74, 6) is 2.30. The van der Waals surface area contributed by atoms with Crippen LogP contribution in [0.5, 0.6) is 11.5 Å². The molecule has 28 heavy (non-hydrogen) atoms. The van der Waals surface area contributed by atoms with Crippen molar-refractivity contribution >= 4 is 32.9 Å². The predicted octanol–water partition coefficient (Wildman–Crippen LogP) is 7.22. The number of hydrogen-bond donors (Lipinski definition) is 1. The van der Waals surface area contributed by atoms with E-state index in [-0.39, 0.29) is 5.92 Å². The molecule has 0 aliphatic heterocycles. The molecule has 0 bridgehead atoms. The van der Waals surface area contributed by atoms with Gasteiger partial charge in [-0.1, -0.05) is 59.1 Å². The molecule has 1 aromatic rings. The van der Waals surface area contributed by atoms with Gasteiger partial charge in [0.05, 0.1) is 0 Å². The van der Waals surface area contributed by atoms with Crippen LogP contribution in [0, 0.1) is 0 Å². The van der Waals surface area contributed by atoms with Crippen LogP contribution in [0.3, 0.4) is 0 Å². The first-order valence-electron chi connectivity index (χ1n) is 10.5. The number of phenols is 1. The SMILES string of the molecule is CCCCCc1cc(O)c(C2C=C(C)CCC2)c(OC(=NC)SCCCBr)c1. The Labute approximate surface area is 183 Å². The molecule has 1 aromatic carbocycles. The molecule has 1 atom stereocenters. The van der Waals surface area contributed by atoms with Gasteiger partial charge in [-0.15, -0.1) is 0 Å². The minimum absolute atomic E-state index is 0.207. The van der Waals surface area contributed by atoms with Crippen LogP contribution in [0.2, 0.25) is 0 Å². The molecule has 1 aliphatic rings. The summed E-state index contributed by atoms with van der Waals surface area (Å²) >= 11 is 5.10. The van der Waals surface area contributed by atoms with Crippen LogP contribution < -0.4 is 4.74 Å². The zero-order chi connectivity index (χ0) is 20.4. The smallest absolute Gasteiger partial charge is 0.251 e. The first-order chi connectivity index (χ1) is 13.6. The Bertz CT molecular complexity index is 687. The summed E-state index contributed by atoms with van der Waals surface area (Å²) in [5.41, 5.74) is 3.45. The highest BCUT2D eigenvalue weighted by Crippen LogP contribution is 2.42. The summed E-state index contributed by atoms with van der Waals surface area (Å²) in [5, 5.41) is 12.5. The third kappa shape index (κ3) is 7.14. The highest BCUT2D eigenvalue weighted by atomic mass is 79.9. The molecule has 0 saturated heterocycles. The summed E-state index contributed by atoms with van der Waals surface area (Å²) in [6, 6.07) is 4.06. The van der Waals surface area contributed by atoms with Gasteiger partial charge < -0.3 is 9.84 Å². The van der Waals surface area contributed by atoms with Crippen LogP contribution in [0.15, 0.2) is 28.8 Å². The van der Waals surface area contributed by atoms with Crippen molar-refractivity contribution < 1.29 is 9.84 Å². The maximum Gasteiger partial charge on any atom is 0.251 e. The van der Waals surface area contributed by atoms with Crippen LogP contribution in [0.1, 0.15) is 75.8 Å². The van der Waals surface area contributed by atoms with E-state index in [9.17, 15) is 5.11 Å². The number of hydrogen-bond acceptors (Lipinski definition) is 4. The van der Waals surface area contributed by atoms with Crippen molar-refractivity contribution in [2.45, 2.75) is 71.1 Å². The lowest BCUT2D eigenvalue weighted by atomic mass is 9.84. The van der Waals surface area contributed by atoms with Gasteiger partial charge in [0.25, 0.3) is 5.23 Å². The first-order valence-corrected chi connectivity index (χ1v) is 12.6. The van der Waals surface area contributed by atoms with Crippen molar-refractivity contribution in [3.8, 4) is 11.5 Å². The molecule has 0 aromatic heterocycles. The summed E-state index contributed by atoms with van der Waals surface area (Å²) in [6.45, 7) is 4.39. The number of phenolic OH excluding ortho intramolecular Hbond substituents is 1. The molecule has 0 saturated carbocycles. The molecular formula is C23H34BrNO2S. The molecule has 3 nitrogen and oxygen atoms in total. The molecule has 0 amide bonds. The quantitative estimate of drug-likeness (QED) is 0.137. The van der Waals surface area contributed by atoms with Crippen molar-refractivity contribution in [2.24, 2.45) is 4.99 Å². The Hall–Kier alpha value is -0.940. The molecule has 1 unspecified atom stereocenters. The lowest BCUT2D eigenvalue weighted by molar-refractivity contribution is 0.449. The number of benzene rings is 1.